The summed E-state index contributed by atoms with van der Waals surface area (Å²) in [7, 11) is 0. The molecule has 0 radical (unpaired) electrons. The summed E-state index contributed by atoms with van der Waals surface area (Å²) in [6.07, 6.45) is 0.296. The highest BCUT2D eigenvalue weighted by Gasteiger charge is 2.05. The molecule has 0 atom stereocenters. The number of nitrogen functional groups attached to an aromatic ring is 1. The van der Waals surface area contributed by atoms with Crippen molar-refractivity contribution in [1.82, 2.24) is 5.32 Å². The number of rotatable bonds is 3. The van der Waals surface area contributed by atoms with Crippen molar-refractivity contribution in [3.63, 3.8) is 0 Å². The molecule has 0 spiro atoms. The number of anilines is 2. The van der Waals surface area contributed by atoms with Gasteiger partial charge < -0.3 is 16.4 Å². The van der Waals surface area contributed by atoms with Crippen LogP contribution in [-0.2, 0) is 11.2 Å². The van der Waals surface area contributed by atoms with Gasteiger partial charge >= 0.3 is 0 Å². The molecule has 0 bridgehead atoms. The molecule has 1 amide bonds. The molecule has 20 heavy (non-hydrogen) atoms. The van der Waals surface area contributed by atoms with E-state index in [0.717, 1.165) is 11.3 Å². The number of amides is 1. The lowest BCUT2D eigenvalue weighted by Crippen LogP contribution is -2.35. The van der Waals surface area contributed by atoms with Gasteiger partial charge in [0.05, 0.1) is 6.42 Å². The standard InChI is InChI=1S/C15H15N3OS/c16-12-6-8-13(9-7-12)17-15(20)18-14(19)10-11-4-2-1-3-5-11/h1-9H,10,16H2,(H2,17,18,19,20). The minimum Gasteiger partial charge on any atom is -0.399 e. The Morgan fingerprint density at radius 1 is 1.05 bits per heavy atom. The molecule has 102 valence electrons. The minimum atomic E-state index is -0.149. The summed E-state index contributed by atoms with van der Waals surface area (Å²) < 4.78 is 0. The van der Waals surface area contributed by atoms with Crippen LogP contribution >= 0.6 is 12.2 Å². The Morgan fingerprint density at radius 3 is 2.35 bits per heavy atom. The Labute approximate surface area is 123 Å². The van der Waals surface area contributed by atoms with Gasteiger partial charge in [-0.05, 0) is 42.0 Å². The Bertz CT molecular complexity index is 596. The lowest BCUT2D eigenvalue weighted by Gasteiger charge is -2.09. The summed E-state index contributed by atoms with van der Waals surface area (Å²) >= 11 is 5.09. The van der Waals surface area contributed by atoms with E-state index in [4.69, 9.17) is 18.0 Å². The van der Waals surface area contributed by atoms with Crippen molar-refractivity contribution < 1.29 is 4.79 Å². The van der Waals surface area contributed by atoms with Crippen molar-refractivity contribution in [3.8, 4) is 0 Å². The average Bonchev–Trinajstić information content (AvgIpc) is 2.42. The van der Waals surface area contributed by atoms with E-state index in [9.17, 15) is 4.79 Å². The van der Waals surface area contributed by atoms with Crippen molar-refractivity contribution >= 4 is 34.6 Å². The molecule has 4 N–H and O–H groups in total. The third-order valence-corrected chi connectivity index (χ3v) is 2.83. The van der Waals surface area contributed by atoms with E-state index >= 15 is 0 Å². The number of hydrogen-bond donors (Lipinski definition) is 3. The molecule has 0 fully saturated rings. The van der Waals surface area contributed by atoms with Crippen molar-refractivity contribution in [1.29, 1.82) is 0 Å². The van der Waals surface area contributed by atoms with Crippen LogP contribution in [0.15, 0.2) is 54.6 Å². The molecule has 0 aromatic heterocycles. The maximum Gasteiger partial charge on any atom is 0.230 e. The van der Waals surface area contributed by atoms with E-state index in [2.05, 4.69) is 10.6 Å². The van der Waals surface area contributed by atoms with Gasteiger partial charge in [0.25, 0.3) is 0 Å². The number of carbonyl (C=O) groups is 1. The number of nitrogens with one attached hydrogen (secondary N) is 2. The Kier molecular flexibility index (Phi) is 4.68. The SMILES string of the molecule is Nc1ccc(NC(=S)NC(=O)Cc2ccccc2)cc1. The molecule has 2 aromatic rings. The second-order valence-electron chi connectivity index (χ2n) is 4.29. The van der Waals surface area contributed by atoms with Gasteiger partial charge in [0.1, 0.15) is 0 Å². The van der Waals surface area contributed by atoms with Crippen LogP contribution in [-0.4, -0.2) is 11.0 Å². The summed E-state index contributed by atoms with van der Waals surface area (Å²) in [5.74, 6) is -0.149. The van der Waals surface area contributed by atoms with Gasteiger partial charge in [-0.25, -0.2) is 0 Å². The van der Waals surface area contributed by atoms with Gasteiger partial charge in [-0.3, -0.25) is 4.79 Å². The normalized spacial score (nSPS) is 9.80. The first kappa shape index (κ1) is 14.0. The fourth-order valence-electron chi connectivity index (χ4n) is 1.68. The second-order valence-corrected chi connectivity index (χ2v) is 4.69. The maximum atomic E-state index is 11.8. The maximum absolute atomic E-state index is 11.8. The fraction of sp³-hybridized carbons (Fsp3) is 0.0667. The van der Waals surface area contributed by atoms with Crippen LogP contribution in [0.3, 0.4) is 0 Å². The van der Waals surface area contributed by atoms with E-state index in [-0.39, 0.29) is 11.0 Å². The van der Waals surface area contributed by atoms with E-state index in [1.54, 1.807) is 24.3 Å². The predicted molar refractivity (Wildman–Crippen MR) is 85.4 cm³/mol. The van der Waals surface area contributed by atoms with Crippen LogP contribution in [0, 0.1) is 0 Å². The first-order valence-electron chi connectivity index (χ1n) is 6.14. The number of benzene rings is 2. The molecule has 2 aromatic carbocycles. The molecule has 0 aliphatic carbocycles. The molecule has 0 saturated heterocycles. The fourth-order valence-corrected chi connectivity index (χ4v) is 1.91. The van der Waals surface area contributed by atoms with Crippen LogP contribution in [0.4, 0.5) is 11.4 Å². The molecule has 2 rings (SSSR count). The molecule has 5 heteroatoms. The summed E-state index contributed by atoms with van der Waals surface area (Å²) in [6.45, 7) is 0. The van der Waals surface area contributed by atoms with Crippen molar-refractivity contribution in [2.75, 3.05) is 11.1 Å². The molecule has 0 saturated carbocycles. The van der Waals surface area contributed by atoms with E-state index in [1.807, 2.05) is 30.3 Å². The van der Waals surface area contributed by atoms with Crippen LogP contribution < -0.4 is 16.4 Å². The lowest BCUT2D eigenvalue weighted by molar-refractivity contribution is -0.119. The Balaban J connectivity index is 1.85. The van der Waals surface area contributed by atoms with Crippen molar-refractivity contribution in [2.24, 2.45) is 0 Å². The monoisotopic (exact) mass is 285 g/mol. The highest BCUT2D eigenvalue weighted by atomic mass is 32.1. The zero-order valence-electron chi connectivity index (χ0n) is 10.8. The summed E-state index contributed by atoms with van der Waals surface area (Å²) in [6, 6.07) is 16.6. The largest absolute Gasteiger partial charge is 0.399 e. The van der Waals surface area contributed by atoms with Gasteiger partial charge in [-0.1, -0.05) is 30.3 Å². The van der Waals surface area contributed by atoms with Gasteiger partial charge in [0, 0.05) is 11.4 Å². The highest BCUT2D eigenvalue weighted by molar-refractivity contribution is 7.80. The highest BCUT2D eigenvalue weighted by Crippen LogP contribution is 2.10. The number of nitrogens with two attached hydrogens (primary N) is 1. The average molecular weight is 285 g/mol. The second kappa shape index (κ2) is 6.68. The lowest BCUT2D eigenvalue weighted by atomic mass is 10.1. The molecule has 0 heterocycles. The van der Waals surface area contributed by atoms with Gasteiger partial charge in [-0.2, -0.15) is 0 Å². The first-order chi connectivity index (χ1) is 9.63. The number of thiocarbonyl (C=S) groups is 1. The summed E-state index contributed by atoms with van der Waals surface area (Å²) in [5, 5.41) is 5.85. The van der Waals surface area contributed by atoms with E-state index in [1.165, 1.54) is 0 Å². The number of carbonyl (C=O) groups excluding carboxylic acids is 1. The van der Waals surface area contributed by atoms with Gasteiger partial charge in [0.2, 0.25) is 5.91 Å². The van der Waals surface area contributed by atoms with Crippen LogP contribution in [0.5, 0.6) is 0 Å². The van der Waals surface area contributed by atoms with Gasteiger partial charge in [-0.15, -0.1) is 0 Å². The minimum absolute atomic E-state index is 0.149. The van der Waals surface area contributed by atoms with E-state index in [0.29, 0.717) is 12.1 Å². The first-order valence-corrected chi connectivity index (χ1v) is 6.54. The smallest absolute Gasteiger partial charge is 0.230 e. The zero-order chi connectivity index (χ0) is 14.4. The molecule has 0 aliphatic heterocycles. The summed E-state index contributed by atoms with van der Waals surface area (Å²) in [4.78, 5) is 11.8. The van der Waals surface area contributed by atoms with Gasteiger partial charge in [0.15, 0.2) is 5.11 Å². The van der Waals surface area contributed by atoms with Crippen LogP contribution in [0.1, 0.15) is 5.56 Å². The van der Waals surface area contributed by atoms with Crippen molar-refractivity contribution in [2.45, 2.75) is 6.42 Å². The molecule has 0 aliphatic rings. The Hall–Kier alpha value is -2.40. The molecular weight excluding hydrogens is 270 g/mol. The topological polar surface area (TPSA) is 67.2 Å². The zero-order valence-corrected chi connectivity index (χ0v) is 11.6. The summed E-state index contributed by atoms with van der Waals surface area (Å²) in [5.41, 5.74) is 8.00. The number of hydrogen-bond acceptors (Lipinski definition) is 3. The quantitative estimate of drug-likeness (QED) is 0.598. The van der Waals surface area contributed by atoms with E-state index < -0.39 is 0 Å². The van der Waals surface area contributed by atoms with Crippen molar-refractivity contribution in [3.05, 3.63) is 60.2 Å². The van der Waals surface area contributed by atoms with Crippen LogP contribution in [0.25, 0.3) is 0 Å². The third-order valence-electron chi connectivity index (χ3n) is 2.63. The van der Waals surface area contributed by atoms with Crippen LogP contribution in [0.2, 0.25) is 0 Å². The predicted octanol–water partition coefficient (Wildman–Crippen LogP) is 2.32. The Morgan fingerprint density at radius 2 is 1.70 bits per heavy atom. The third kappa shape index (κ3) is 4.37. The molecular formula is C15H15N3OS. The molecule has 0 unspecified atom stereocenters. The molecule has 4 nitrogen and oxygen atoms in total.